The second-order valence-corrected chi connectivity index (χ2v) is 10.7. The molecule has 8 nitrogen and oxygen atoms in total. The lowest BCUT2D eigenvalue weighted by atomic mass is 10.0. The van der Waals surface area contributed by atoms with Crippen molar-refractivity contribution in [2.24, 2.45) is 5.92 Å². The molecule has 36 heavy (non-hydrogen) atoms. The zero-order chi connectivity index (χ0) is 26.5. The fraction of sp³-hybridized carbons (Fsp3) is 0.423. The quantitative estimate of drug-likeness (QED) is 0.590. The lowest BCUT2D eigenvalue weighted by molar-refractivity contribution is 0.0560. The lowest BCUT2D eigenvalue weighted by Crippen LogP contribution is -2.50. The van der Waals surface area contributed by atoms with E-state index in [9.17, 15) is 22.7 Å². The second kappa shape index (κ2) is 11.8. The summed E-state index contributed by atoms with van der Waals surface area (Å²) in [6.45, 7) is 3.42. The van der Waals surface area contributed by atoms with Gasteiger partial charge in [-0.2, -0.15) is 4.31 Å². The van der Waals surface area contributed by atoms with Crippen LogP contribution in [0.25, 0.3) is 0 Å². The molecule has 2 aromatic carbocycles. The minimum absolute atomic E-state index is 0.0555. The Kier molecular flexibility index (Phi) is 9.08. The molecule has 0 saturated heterocycles. The number of nitrogens with zero attached hydrogens (tertiary/aromatic N) is 2. The van der Waals surface area contributed by atoms with Crippen molar-refractivity contribution in [1.82, 2.24) is 9.21 Å². The summed E-state index contributed by atoms with van der Waals surface area (Å²) in [5, 5.41) is 9.76. The van der Waals surface area contributed by atoms with Crippen molar-refractivity contribution in [3.05, 3.63) is 59.4 Å². The Hall–Kier alpha value is -2.97. The van der Waals surface area contributed by atoms with Crippen molar-refractivity contribution < 1.29 is 32.2 Å². The Morgan fingerprint density at radius 2 is 2.06 bits per heavy atom. The van der Waals surface area contributed by atoms with Crippen LogP contribution in [0, 0.1) is 23.6 Å². The molecule has 0 spiro atoms. The topological polar surface area (TPSA) is 96.4 Å². The summed E-state index contributed by atoms with van der Waals surface area (Å²) in [5.74, 6) is 4.31. The molecule has 3 atom stereocenters. The molecule has 194 valence electrons. The number of aliphatic hydroxyl groups is 1. The van der Waals surface area contributed by atoms with Crippen LogP contribution >= 0.6 is 0 Å². The van der Waals surface area contributed by atoms with Gasteiger partial charge in [0.1, 0.15) is 29.2 Å². The number of amides is 1. The molecule has 1 aliphatic heterocycles. The van der Waals surface area contributed by atoms with Crippen LogP contribution in [0.3, 0.4) is 0 Å². The van der Waals surface area contributed by atoms with Gasteiger partial charge >= 0.3 is 0 Å². The molecule has 0 saturated carbocycles. The van der Waals surface area contributed by atoms with Crippen LogP contribution in [0.4, 0.5) is 4.39 Å². The summed E-state index contributed by atoms with van der Waals surface area (Å²) in [5.41, 5.74) is 0.471. The largest absolute Gasteiger partial charge is 0.487 e. The van der Waals surface area contributed by atoms with Gasteiger partial charge in [-0.15, -0.1) is 0 Å². The van der Waals surface area contributed by atoms with E-state index in [-0.39, 0.29) is 48.4 Å². The Balaban J connectivity index is 2.01. The number of hydrogen-bond donors (Lipinski definition) is 1. The first kappa shape index (κ1) is 27.6. The number of carbonyl (C=O) groups excluding carboxylic acids is 1. The number of hydrogen-bond acceptors (Lipinski definition) is 6. The van der Waals surface area contributed by atoms with E-state index >= 15 is 0 Å². The molecule has 2 aromatic rings. The average Bonchev–Trinajstić information content (AvgIpc) is 2.85. The molecule has 3 rings (SSSR count). The molecule has 0 fully saturated rings. The number of halogens is 1. The Morgan fingerprint density at radius 1 is 1.33 bits per heavy atom. The van der Waals surface area contributed by atoms with E-state index in [2.05, 4.69) is 11.8 Å². The number of carbonyl (C=O) groups is 1. The van der Waals surface area contributed by atoms with Crippen LogP contribution in [-0.4, -0.2) is 81.2 Å². The van der Waals surface area contributed by atoms with Gasteiger partial charge in [0.2, 0.25) is 10.0 Å². The fourth-order valence-corrected chi connectivity index (χ4v) is 5.75. The number of aliphatic hydroxyl groups excluding tert-OH is 1. The van der Waals surface area contributed by atoms with E-state index in [1.165, 1.54) is 40.6 Å². The van der Waals surface area contributed by atoms with Gasteiger partial charge in [0, 0.05) is 38.2 Å². The summed E-state index contributed by atoms with van der Waals surface area (Å²) in [6.07, 6.45) is -0.629. The van der Waals surface area contributed by atoms with Gasteiger partial charge < -0.3 is 19.5 Å². The number of fused-ring (bicyclic) bond motifs is 1. The van der Waals surface area contributed by atoms with E-state index in [1.54, 1.807) is 32.2 Å². The van der Waals surface area contributed by atoms with Crippen molar-refractivity contribution in [1.29, 1.82) is 0 Å². The van der Waals surface area contributed by atoms with Gasteiger partial charge in [0.25, 0.3) is 5.91 Å². The molecule has 0 aromatic heterocycles. The highest BCUT2D eigenvalue weighted by molar-refractivity contribution is 7.89. The van der Waals surface area contributed by atoms with Crippen LogP contribution in [0.1, 0.15) is 29.8 Å². The molecular formula is C26H31FN2O6S. The molecule has 1 aliphatic rings. The highest BCUT2D eigenvalue weighted by Gasteiger charge is 2.38. The van der Waals surface area contributed by atoms with Crippen LogP contribution in [0.2, 0.25) is 0 Å². The lowest BCUT2D eigenvalue weighted by Gasteiger charge is -2.37. The van der Waals surface area contributed by atoms with E-state index in [1.807, 2.05) is 6.92 Å². The number of benzene rings is 2. The summed E-state index contributed by atoms with van der Waals surface area (Å²) < 4.78 is 53.7. The van der Waals surface area contributed by atoms with Crippen LogP contribution in [-0.2, 0) is 14.8 Å². The Labute approximate surface area is 211 Å². The number of likely N-dealkylation sites (N-methyl/N-ethyl adjacent to an activating group) is 1. The summed E-state index contributed by atoms with van der Waals surface area (Å²) in [4.78, 5) is 14.2. The van der Waals surface area contributed by atoms with Gasteiger partial charge in [-0.3, -0.25) is 4.79 Å². The van der Waals surface area contributed by atoms with Crippen molar-refractivity contribution in [3.63, 3.8) is 0 Å². The monoisotopic (exact) mass is 518 g/mol. The van der Waals surface area contributed by atoms with Gasteiger partial charge in [0.05, 0.1) is 18.7 Å². The fourth-order valence-electron chi connectivity index (χ4n) is 3.92. The number of rotatable bonds is 6. The van der Waals surface area contributed by atoms with E-state index in [0.29, 0.717) is 5.56 Å². The number of sulfonamides is 1. The minimum Gasteiger partial charge on any atom is -0.487 e. The van der Waals surface area contributed by atoms with E-state index in [0.717, 1.165) is 0 Å². The maximum atomic E-state index is 14.2. The third kappa shape index (κ3) is 6.05. The van der Waals surface area contributed by atoms with Crippen LogP contribution < -0.4 is 4.74 Å². The third-order valence-electron chi connectivity index (χ3n) is 6.02. The first-order chi connectivity index (χ1) is 17.1. The SMILES string of the molecule is COCC#Cc1ccc2c(c1)O[C@H](CN(C)C(=O)c1ccccc1F)[C@@H](C)CN([C@H](C)CO)S2(=O)=O. The van der Waals surface area contributed by atoms with E-state index < -0.39 is 33.9 Å². The van der Waals surface area contributed by atoms with Gasteiger partial charge in [-0.1, -0.05) is 30.9 Å². The smallest absolute Gasteiger partial charge is 0.256 e. The second-order valence-electron chi connectivity index (χ2n) is 8.80. The first-order valence-electron chi connectivity index (χ1n) is 11.5. The van der Waals surface area contributed by atoms with Gasteiger partial charge in [-0.05, 0) is 37.3 Å². The van der Waals surface area contributed by atoms with Crippen molar-refractivity contribution in [2.45, 2.75) is 30.9 Å². The standard InChI is InChI=1S/C26H31FN2O6S/c1-18-15-29(19(2)17-30)36(32,33)25-12-11-20(8-7-13-34-4)14-23(25)35-24(18)16-28(3)26(31)21-9-5-6-10-22(21)27/h5-6,9-12,14,18-19,24,30H,13,15-17H2,1-4H3/t18-,19+,24+/m0/s1. The highest BCUT2D eigenvalue weighted by Crippen LogP contribution is 2.34. The maximum absolute atomic E-state index is 14.2. The zero-order valence-electron chi connectivity index (χ0n) is 20.8. The summed E-state index contributed by atoms with van der Waals surface area (Å²) >= 11 is 0. The Morgan fingerprint density at radius 3 is 2.72 bits per heavy atom. The average molecular weight is 519 g/mol. The summed E-state index contributed by atoms with van der Waals surface area (Å²) in [7, 11) is -0.936. The molecule has 0 unspecified atom stereocenters. The number of methoxy groups -OCH3 is 1. The molecule has 1 N–H and O–H groups in total. The van der Waals surface area contributed by atoms with Crippen molar-refractivity contribution >= 4 is 15.9 Å². The predicted molar refractivity (Wildman–Crippen MR) is 133 cm³/mol. The molecule has 0 bridgehead atoms. The molecule has 10 heteroatoms. The van der Waals surface area contributed by atoms with Gasteiger partial charge in [-0.25, -0.2) is 12.8 Å². The minimum atomic E-state index is -4.00. The summed E-state index contributed by atoms with van der Waals surface area (Å²) in [6, 6.07) is 9.60. The van der Waals surface area contributed by atoms with E-state index in [4.69, 9.17) is 9.47 Å². The first-order valence-corrected chi connectivity index (χ1v) is 12.9. The third-order valence-corrected chi connectivity index (χ3v) is 8.04. The maximum Gasteiger partial charge on any atom is 0.256 e. The molecule has 1 heterocycles. The normalized spacial score (nSPS) is 20.1. The molecular weight excluding hydrogens is 487 g/mol. The zero-order valence-corrected chi connectivity index (χ0v) is 21.6. The molecule has 0 radical (unpaired) electrons. The van der Waals surface area contributed by atoms with Gasteiger partial charge in [0.15, 0.2) is 0 Å². The predicted octanol–water partition coefficient (Wildman–Crippen LogP) is 2.36. The number of ether oxygens (including phenoxy) is 2. The molecule has 1 amide bonds. The van der Waals surface area contributed by atoms with Crippen molar-refractivity contribution in [3.8, 4) is 17.6 Å². The van der Waals surface area contributed by atoms with Crippen LogP contribution in [0.5, 0.6) is 5.75 Å². The van der Waals surface area contributed by atoms with Crippen molar-refractivity contribution in [2.75, 3.05) is 40.5 Å². The Bertz CT molecular complexity index is 1260. The molecule has 0 aliphatic carbocycles. The van der Waals surface area contributed by atoms with Crippen LogP contribution in [0.15, 0.2) is 47.4 Å². The highest BCUT2D eigenvalue weighted by atomic mass is 32.2.